The maximum absolute atomic E-state index is 3.54. The van der Waals surface area contributed by atoms with E-state index in [1.807, 2.05) is 11.3 Å². The van der Waals surface area contributed by atoms with E-state index in [1.165, 1.54) is 30.9 Å². The highest BCUT2D eigenvalue weighted by Crippen LogP contribution is 2.20. The van der Waals surface area contributed by atoms with Crippen LogP contribution in [-0.2, 0) is 6.54 Å². The summed E-state index contributed by atoms with van der Waals surface area (Å²) in [6, 6.07) is 5.00. The molecule has 90 valence electrons. The summed E-state index contributed by atoms with van der Waals surface area (Å²) >= 11 is 1.87. The van der Waals surface area contributed by atoms with Gasteiger partial charge in [0.25, 0.3) is 0 Å². The van der Waals surface area contributed by atoms with Crippen LogP contribution < -0.4 is 5.32 Å². The normalized spacial score (nSPS) is 22.1. The molecule has 2 rings (SSSR count). The summed E-state index contributed by atoms with van der Waals surface area (Å²) in [6.07, 6.45) is 1.35. The van der Waals surface area contributed by atoms with Gasteiger partial charge < -0.3 is 5.32 Å². The molecule has 1 aliphatic rings. The number of hydrogen-bond acceptors (Lipinski definition) is 3. The molecule has 1 N–H and O–H groups in total. The summed E-state index contributed by atoms with van der Waals surface area (Å²) in [4.78, 5) is 4.08. The van der Waals surface area contributed by atoms with Crippen LogP contribution in [0.15, 0.2) is 17.5 Å². The lowest BCUT2D eigenvalue weighted by Gasteiger charge is -2.16. The Kier molecular flexibility index (Phi) is 4.38. The summed E-state index contributed by atoms with van der Waals surface area (Å²) in [5, 5.41) is 5.71. The number of nitrogens with one attached hydrogen (secondary N) is 1. The summed E-state index contributed by atoms with van der Waals surface area (Å²) < 4.78 is 0. The number of nitrogens with zero attached hydrogens (tertiary/aromatic N) is 1. The molecular weight excluding hydrogens is 216 g/mol. The Balaban J connectivity index is 1.71. The average molecular weight is 238 g/mol. The van der Waals surface area contributed by atoms with Crippen LogP contribution in [0.2, 0.25) is 0 Å². The largest absolute Gasteiger partial charge is 0.314 e. The second kappa shape index (κ2) is 5.80. The van der Waals surface area contributed by atoms with Gasteiger partial charge in [-0.25, -0.2) is 0 Å². The zero-order valence-electron chi connectivity index (χ0n) is 10.3. The van der Waals surface area contributed by atoms with Crippen molar-refractivity contribution < 1.29 is 0 Å². The lowest BCUT2D eigenvalue weighted by molar-refractivity contribution is 0.315. The molecule has 2 heterocycles. The van der Waals surface area contributed by atoms with E-state index in [2.05, 4.69) is 41.6 Å². The first-order valence-electron chi connectivity index (χ1n) is 6.22. The van der Waals surface area contributed by atoms with Gasteiger partial charge in [-0.3, -0.25) is 4.90 Å². The Bertz CT molecular complexity index is 295. The lowest BCUT2D eigenvalue weighted by atomic mass is 10.1. The van der Waals surface area contributed by atoms with E-state index in [9.17, 15) is 0 Å². The predicted octanol–water partition coefficient (Wildman–Crippen LogP) is 2.57. The van der Waals surface area contributed by atoms with Gasteiger partial charge in [0.1, 0.15) is 0 Å². The van der Waals surface area contributed by atoms with Crippen molar-refractivity contribution in [2.75, 3.05) is 19.6 Å². The van der Waals surface area contributed by atoms with Crippen LogP contribution in [0.3, 0.4) is 0 Å². The number of rotatable bonds is 5. The van der Waals surface area contributed by atoms with Crippen LogP contribution in [0.4, 0.5) is 0 Å². The average Bonchev–Trinajstić information content (AvgIpc) is 2.87. The quantitative estimate of drug-likeness (QED) is 0.848. The van der Waals surface area contributed by atoms with Gasteiger partial charge >= 0.3 is 0 Å². The Hall–Kier alpha value is -0.380. The number of hydrogen-bond donors (Lipinski definition) is 1. The SMILES string of the molecule is CC(C)NCC1CCN(Cc2cccs2)C1. The van der Waals surface area contributed by atoms with Gasteiger partial charge in [-0.05, 0) is 36.9 Å². The minimum atomic E-state index is 0.617. The highest BCUT2D eigenvalue weighted by molar-refractivity contribution is 7.09. The molecule has 0 aliphatic carbocycles. The molecule has 0 spiro atoms. The van der Waals surface area contributed by atoms with Crippen molar-refractivity contribution >= 4 is 11.3 Å². The number of thiophene rings is 1. The third-order valence-electron chi connectivity index (χ3n) is 3.14. The smallest absolute Gasteiger partial charge is 0.0328 e. The third kappa shape index (κ3) is 3.58. The summed E-state index contributed by atoms with van der Waals surface area (Å²) in [5.74, 6) is 0.849. The van der Waals surface area contributed by atoms with E-state index in [1.54, 1.807) is 0 Å². The van der Waals surface area contributed by atoms with Crippen LogP contribution in [0, 0.1) is 5.92 Å². The van der Waals surface area contributed by atoms with Crippen molar-refractivity contribution in [1.82, 2.24) is 10.2 Å². The molecule has 1 saturated heterocycles. The second-order valence-electron chi connectivity index (χ2n) is 5.03. The Morgan fingerprint density at radius 1 is 1.56 bits per heavy atom. The van der Waals surface area contributed by atoms with Gasteiger partial charge in [-0.1, -0.05) is 19.9 Å². The maximum atomic E-state index is 3.54. The maximum Gasteiger partial charge on any atom is 0.0328 e. The fourth-order valence-corrected chi connectivity index (χ4v) is 2.99. The van der Waals surface area contributed by atoms with E-state index in [4.69, 9.17) is 0 Å². The van der Waals surface area contributed by atoms with Crippen molar-refractivity contribution in [3.8, 4) is 0 Å². The van der Waals surface area contributed by atoms with Gasteiger partial charge in [-0.2, -0.15) is 0 Å². The molecule has 3 heteroatoms. The Morgan fingerprint density at radius 2 is 2.44 bits per heavy atom. The van der Waals surface area contributed by atoms with Gasteiger partial charge in [0.05, 0.1) is 0 Å². The molecule has 0 saturated carbocycles. The molecule has 1 fully saturated rings. The van der Waals surface area contributed by atoms with E-state index >= 15 is 0 Å². The van der Waals surface area contributed by atoms with Gasteiger partial charge in [0.2, 0.25) is 0 Å². The monoisotopic (exact) mass is 238 g/mol. The molecule has 0 bridgehead atoms. The van der Waals surface area contributed by atoms with Crippen molar-refractivity contribution in [3.63, 3.8) is 0 Å². The van der Waals surface area contributed by atoms with Crippen LogP contribution in [0.5, 0.6) is 0 Å². The van der Waals surface area contributed by atoms with E-state index in [-0.39, 0.29) is 0 Å². The van der Waals surface area contributed by atoms with Gasteiger partial charge in [0, 0.05) is 24.0 Å². The molecule has 0 aromatic carbocycles. The van der Waals surface area contributed by atoms with Gasteiger partial charge in [0.15, 0.2) is 0 Å². The molecule has 16 heavy (non-hydrogen) atoms. The molecule has 2 nitrogen and oxygen atoms in total. The van der Waals surface area contributed by atoms with Crippen LogP contribution in [-0.4, -0.2) is 30.6 Å². The minimum absolute atomic E-state index is 0.617. The third-order valence-corrected chi connectivity index (χ3v) is 4.01. The van der Waals surface area contributed by atoms with Crippen molar-refractivity contribution in [2.45, 2.75) is 32.9 Å². The minimum Gasteiger partial charge on any atom is -0.314 e. The first-order valence-corrected chi connectivity index (χ1v) is 7.10. The standard InChI is InChI=1S/C13H22N2S/c1-11(2)14-8-12-5-6-15(9-12)10-13-4-3-7-16-13/h3-4,7,11-12,14H,5-6,8-10H2,1-2H3. The predicted molar refractivity (Wildman–Crippen MR) is 70.8 cm³/mol. The van der Waals surface area contributed by atoms with E-state index in [0.717, 1.165) is 12.5 Å². The fourth-order valence-electron chi connectivity index (χ4n) is 2.25. The van der Waals surface area contributed by atoms with Crippen molar-refractivity contribution in [3.05, 3.63) is 22.4 Å². The molecule has 1 atom stereocenters. The van der Waals surface area contributed by atoms with Gasteiger partial charge in [-0.15, -0.1) is 11.3 Å². The summed E-state index contributed by atoms with van der Waals surface area (Å²) in [7, 11) is 0. The first kappa shape index (κ1) is 12.1. The lowest BCUT2D eigenvalue weighted by Crippen LogP contribution is -2.30. The highest BCUT2D eigenvalue weighted by Gasteiger charge is 2.22. The molecule has 0 radical (unpaired) electrons. The molecule has 1 aromatic rings. The van der Waals surface area contributed by atoms with Crippen molar-refractivity contribution in [2.24, 2.45) is 5.92 Å². The van der Waals surface area contributed by atoms with Crippen molar-refractivity contribution in [1.29, 1.82) is 0 Å². The fraction of sp³-hybridized carbons (Fsp3) is 0.692. The summed E-state index contributed by atoms with van der Waals surface area (Å²) in [5.41, 5.74) is 0. The molecule has 0 amide bonds. The molecular formula is C13H22N2S. The summed E-state index contributed by atoms with van der Waals surface area (Å²) in [6.45, 7) is 9.30. The zero-order valence-corrected chi connectivity index (χ0v) is 11.1. The van der Waals surface area contributed by atoms with Crippen LogP contribution >= 0.6 is 11.3 Å². The zero-order chi connectivity index (χ0) is 11.4. The van der Waals surface area contributed by atoms with E-state index in [0.29, 0.717) is 6.04 Å². The molecule has 1 aromatic heterocycles. The number of likely N-dealkylation sites (tertiary alicyclic amines) is 1. The first-order chi connectivity index (χ1) is 7.74. The van der Waals surface area contributed by atoms with Crippen LogP contribution in [0.25, 0.3) is 0 Å². The topological polar surface area (TPSA) is 15.3 Å². The Morgan fingerprint density at radius 3 is 3.12 bits per heavy atom. The highest BCUT2D eigenvalue weighted by atomic mass is 32.1. The molecule has 1 unspecified atom stereocenters. The van der Waals surface area contributed by atoms with E-state index < -0.39 is 0 Å². The second-order valence-corrected chi connectivity index (χ2v) is 6.06. The van der Waals surface area contributed by atoms with Crippen LogP contribution in [0.1, 0.15) is 25.1 Å². The Labute approximate surface area is 103 Å². The molecule has 1 aliphatic heterocycles.